The maximum atomic E-state index is 12.2. The Balaban J connectivity index is 1.51. The first-order chi connectivity index (χ1) is 14.9. The van der Waals surface area contributed by atoms with E-state index < -0.39 is 5.91 Å². The highest BCUT2D eigenvalue weighted by atomic mass is 16.3. The topological polar surface area (TPSA) is 109 Å². The summed E-state index contributed by atoms with van der Waals surface area (Å²) in [6, 6.07) is 15.9. The molecular formula is C24H25N5O2. The molecule has 0 atom stereocenters. The van der Waals surface area contributed by atoms with Crippen molar-refractivity contribution in [2.75, 3.05) is 5.32 Å². The second kappa shape index (κ2) is 8.39. The predicted molar refractivity (Wildman–Crippen MR) is 121 cm³/mol. The van der Waals surface area contributed by atoms with Crippen LogP contribution in [0, 0.1) is 13.8 Å². The van der Waals surface area contributed by atoms with E-state index in [9.17, 15) is 9.90 Å². The molecule has 0 bridgehead atoms. The van der Waals surface area contributed by atoms with Gasteiger partial charge < -0.3 is 20.7 Å². The zero-order valence-electron chi connectivity index (χ0n) is 17.5. The Morgan fingerprint density at radius 1 is 1.10 bits per heavy atom. The van der Waals surface area contributed by atoms with Crippen molar-refractivity contribution in [3.05, 3.63) is 94.4 Å². The molecule has 2 aromatic carbocycles. The lowest BCUT2D eigenvalue weighted by atomic mass is 10.0. The molecule has 7 nitrogen and oxygen atoms in total. The first-order valence-corrected chi connectivity index (χ1v) is 10.0. The number of nitrogens with one attached hydrogen (secondary N) is 2. The molecule has 0 aliphatic carbocycles. The predicted octanol–water partition coefficient (Wildman–Crippen LogP) is 3.82. The third-order valence-corrected chi connectivity index (χ3v) is 5.32. The van der Waals surface area contributed by atoms with Crippen LogP contribution >= 0.6 is 0 Å². The molecule has 158 valence electrons. The lowest BCUT2D eigenvalue weighted by Gasteiger charge is -2.10. The summed E-state index contributed by atoms with van der Waals surface area (Å²) in [5.41, 5.74) is 11.4. The summed E-state index contributed by atoms with van der Waals surface area (Å²) in [5, 5.41) is 20.4. The maximum absolute atomic E-state index is 12.2. The van der Waals surface area contributed by atoms with Gasteiger partial charge in [0.2, 0.25) is 0 Å². The summed E-state index contributed by atoms with van der Waals surface area (Å²) in [6.45, 7) is 4.17. The quantitative estimate of drug-likeness (QED) is 0.368. The molecule has 2 aromatic heterocycles. The fraction of sp³-hybridized carbons (Fsp3) is 0.167. The number of anilines is 1. The molecule has 7 heteroatoms. The number of aromatic nitrogens is 3. The Kier molecular flexibility index (Phi) is 5.49. The molecule has 0 spiro atoms. The number of primary amides is 1. The van der Waals surface area contributed by atoms with Gasteiger partial charge in [-0.25, -0.2) is 0 Å². The SMILES string of the molecule is Cc1cc(CNc2n[nH]c(Cc3ccc(-n4cccc4)cc3)c2C(N)=O)cc(C)c1O. The maximum Gasteiger partial charge on any atom is 0.254 e. The van der Waals surface area contributed by atoms with Crippen LogP contribution in [-0.2, 0) is 13.0 Å². The fourth-order valence-corrected chi connectivity index (χ4v) is 3.73. The molecule has 0 aliphatic heterocycles. The fourth-order valence-electron chi connectivity index (χ4n) is 3.73. The highest BCUT2D eigenvalue weighted by molar-refractivity contribution is 5.99. The summed E-state index contributed by atoms with van der Waals surface area (Å²) in [4.78, 5) is 12.2. The van der Waals surface area contributed by atoms with Crippen molar-refractivity contribution < 1.29 is 9.90 Å². The number of carbonyl (C=O) groups excluding carboxylic acids is 1. The first-order valence-electron chi connectivity index (χ1n) is 10.0. The second-order valence-corrected chi connectivity index (χ2v) is 7.66. The number of phenols is 1. The molecular weight excluding hydrogens is 390 g/mol. The van der Waals surface area contributed by atoms with Gasteiger partial charge in [0.25, 0.3) is 5.91 Å². The van der Waals surface area contributed by atoms with E-state index in [-0.39, 0.29) is 0 Å². The molecule has 0 saturated carbocycles. The number of nitrogens with zero attached hydrogens (tertiary/aromatic N) is 2. The number of aromatic amines is 1. The van der Waals surface area contributed by atoms with Crippen molar-refractivity contribution in [1.82, 2.24) is 14.8 Å². The number of aryl methyl sites for hydroxylation is 2. The van der Waals surface area contributed by atoms with Crippen LogP contribution < -0.4 is 11.1 Å². The molecule has 5 N–H and O–H groups in total. The molecule has 1 amide bonds. The van der Waals surface area contributed by atoms with E-state index in [1.807, 2.05) is 79.3 Å². The van der Waals surface area contributed by atoms with E-state index in [0.717, 1.165) is 27.9 Å². The van der Waals surface area contributed by atoms with Gasteiger partial charge in [-0.1, -0.05) is 24.3 Å². The highest BCUT2D eigenvalue weighted by Gasteiger charge is 2.18. The largest absolute Gasteiger partial charge is 0.507 e. The van der Waals surface area contributed by atoms with Crippen LogP contribution in [0.25, 0.3) is 5.69 Å². The van der Waals surface area contributed by atoms with Crippen LogP contribution in [0.15, 0.2) is 60.9 Å². The van der Waals surface area contributed by atoms with Gasteiger partial charge in [-0.2, -0.15) is 5.10 Å². The average molecular weight is 415 g/mol. The number of aromatic hydroxyl groups is 1. The third-order valence-electron chi connectivity index (χ3n) is 5.32. The standard InChI is InChI=1S/C24H25N5O2/c1-15-11-18(12-16(2)22(15)30)14-26-24-21(23(25)31)20(27-28-24)13-17-5-7-19(8-6-17)29-9-3-4-10-29/h3-12,30H,13-14H2,1-2H3,(H2,25,31)(H2,26,27,28). The molecule has 31 heavy (non-hydrogen) atoms. The molecule has 4 aromatic rings. The lowest BCUT2D eigenvalue weighted by molar-refractivity contribution is 0.100. The number of rotatable bonds is 7. The van der Waals surface area contributed by atoms with E-state index in [1.54, 1.807) is 0 Å². The number of amides is 1. The molecule has 0 unspecified atom stereocenters. The second-order valence-electron chi connectivity index (χ2n) is 7.66. The summed E-state index contributed by atoms with van der Waals surface area (Å²) in [6.07, 6.45) is 4.49. The number of nitrogens with two attached hydrogens (primary N) is 1. The Hall–Kier alpha value is -4.00. The highest BCUT2D eigenvalue weighted by Crippen LogP contribution is 2.25. The number of benzene rings is 2. The van der Waals surface area contributed by atoms with Crippen molar-refractivity contribution in [2.45, 2.75) is 26.8 Å². The first kappa shape index (κ1) is 20.3. The Morgan fingerprint density at radius 2 is 1.74 bits per heavy atom. The summed E-state index contributed by atoms with van der Waals surface area (Å²) in [5.74, 6) is 0.189. The minimum absolute atomic E-state index is 0.298. The van der Waals surface area contributed by atoms with Crippen LogP contribution in [-0.4, -0.2) is 25.8 Å². The van der Waals surface area contributed by atoms with Crippen LogP contribution in [0.1, 0.15) is 38.3 Å². The monoisotopic (exact) mass is 415 g/mol. The minimum atomic E-state index is -0.534. The molecule has 0 fully saturated rings. The number of hydrogen-bond donors (Lipinski definition) is 4. The Morgan fingerprint density at radius 3 is 2.35 bits per heavy atom. The van der Waals surface area contributed by atoms with Gasteiger partial charge in [-0.3, -0.25) is 9.89 Å². The van der Waals surface area contributed by atoms with Crippen molar-refractivity contribution in [3.8, 4) is 11.4 Å². The van der Waals surface area contributed by atoms with Gasteiger partial charge in [-0.05, 0) is 60.4 Å². The number of phenolic OH excluding ortho intramolecular Hbond substituents is 1. The van der Waals surface area contributed by atoms with Crippen LogP contribution in [0.5, 0.6) is 5.75 Å². The average Bonchev–Trinajstić information content (AvgIpc) is 3.41. The summed E-state index contributed by atoms with van der Waals surface area (Å²) in [7, 11) is 0. The van der Waals surface area contributed by atoms with Gasteiger partial charge >= 0.3 is 0 Å². The summed E-state index contributed by atoms with van der Waals surface area (Å²) >= 11 is 0. The normalized spacial score (nSPS) is 10.9. The molecule has 0 radical (unpaired) electrons. The third kappa shape index (κ3) is 4.30. The van der Waals surface area contributed by atoms with Gasteiger partial charge in [-0.15, -0.1) is 0 Å². The lowest BCUT2D eigenvalue weighted by Crippen LogP contribution is -2.15. The van der Waals surface area contributed by atoms with Gasteiger partial charge in [0.15, 0.2) is 5.82 Å². The van der Waals surface area contributed by atoms with Crippen molar-refractivity contribution >= 4 is 11.7 Å². The van der Waals surface area contributed by atoms with E-state index in [0.29, 0.717) is 35.8 Å². The number of hydrogen-bond acceptors (Lipinski definition) is 4. The minimum Gasteiger partial charge on any atom is -0.507 e. The number of carbonyl (C=O) groups is 1. The Labute approximate surface area is 180 Å². The smallest absolute Gasteiger partial charge is 0.254 e. The van der Waals surface area contributed by atoms with Crippen LogP contribution in [0.2, 0.25) is 0 Å². The Bertz CT molecular complexity index is 1180. The van der Waals surface area contributed by atoms with E-state index >= 15 is 0 Å². The van der Waals surface area contributed by atoms with E-state index in [1.165, 1.54) is 0 Å². The van der Waals surface area contributed by atoms with Crippen LogP contribution in [0.3, 0.4) is 0 Å². The van der Waals surface area contributed by atoms with Gasteiger partial charge in [0.1, 0.15) is 11.3 Å². The van der Waals surface area contributed by atoms with Crippen molar-refractivity contribution in [3.63, 3.8) is 0 Å². The zero-order chi connectivity index (χ0) is 22.0. The number of H-pyrrole nitrogens is 1. The van der Waals surface area contributed by atoms with Gasteiger partial charge in [0, 0.05) is 31.0 Å². The molecule has 2 heterocycles. The molecule has 0 saturated heterocycles. The van der Waals surface area contributed by atoms with E-state index in [4.69, 9.17) is 5.73 Å². The van der Waals surface area contributed by atoms with Crippen molar-refractivity contribution in [1.29, 1.82) is 0 Å². The van der Waals surface area contributed by atoms with Gasteiger partial charge in [0.05, 0.1) is 5.69 Å². The molecule has 0 aliphatic rings. The summed E-state index contributed by atoms with van der Waals surface area (Å²) < 4.78 is 2.03. The molecule has 4 rings (SSSR count). The van der Waals surface area contributed by atoms with E-state index in [2.05, 4.69) is 15.5 Å². The van der Waals surface area contributed by atoms with Crippen LogP contribution in [0.4, 0.5) is 5.82 Å². The van der Waals surface area contributed by atoms with Crippen molar-refractivity contribution in [2.24, 2.45) is 5.73 Å². The zero-order valence-corrected chi connectivity index (χ0v) is 17.5.